The molecule has 0 spiro atoms. The van der Waals surface area contributed by atoms with Crippen LogP contribution in [-0.4, -0.2) is 22.2 Å². The van der Waals surface area contributed by atoms with E-state index in [9.17, 15) is 9.59 Å². The number of ketones is 1. The Labute approximate surface area is 103 Å². The van der Waals surface area contributed by atoms with Gasteiger partial charge >= 0.3 is 0 Å². The lowest BCUT2D eigenvalue weighted by Gasteiger charge is -2.21. The zero-order valence-corrected chi connectivity index (χ0v) is 10.5. The van der Waals surface area contributed by atoms with E-state index in [0.717, 1.165) is 12.8 Å². The molecule has 0 saturated heterocycles. The Hall–Kier alpha value is -1.27. The lowest BCUT2D eigenvalue weighted by atomic mass is 9.98. The molecule has 1 aliphatic carbocycles. The van der Waals surface area contributed by atoms with Gasteiger partial charge in [0, 0.05) is 12.3 Å². The van der Waals surface area contributed by atoms with E-state index in [2.05, 4.69) is 10.3 Å². The maximum absolute atomic E-state index is 12.0. The zero-order valence-electron chi connectivity index (χ0n) is 9.66. The van der Waals surface area contributed by atoms with E-state index < -0.39 is 5.54 Å². The molecule has 17 heavy (non-hydrogen) atoms. The van der Waals surface area contributed by atoms with Crippen LogP contribution in [0, 0.1) is 0 Å². The molecule has 2 rings (SSSR count). The third-order valence-electron chi connectivity index (χ3n) is 3.03. The number of carbonyl (C=O) groups is 2. The molecule has 0 bridgehead atoms. The van der Waals surface area contributed by atoms with Gasteiger partial charge < -0.3 is 11.1 Å². The number of hydrogen-bond acceptors (Lipinski definition) is 5. The number of amides is 1. The summed E-state index contributed by atoms with van der Waals surface area (Å²) in [4.78, 5) is 27.1. The van der Waals surface area contributed by atoms with Crippen LogP contribution in [0.1, 0.15) is 43.1 Å². The van der Waals surface area contributed by atoms with E-state index in [0.29, 0.717) is 23.7 Å². The van der Waals surface area contributed by atoms with Crippen molar-refractivity contribution < 1.29 is 9.59 Å². The summed E-state index contributed by atoms with van der Waals surface area (Å²) in [7, 11) is 0. The van der Waals surface area contributed by atoms with Crippen LogP contribution in [0.4, 0.5) is 5.13 Å². The second-order valence-corrected chi connectivity index (χ2v) is 5.27. The molecule has 5 nitrogen and oxygen atoms in total. The van der Waals surface area contributed by atoms with Crippen molar-refractivity contribution in [3.05, 3.63) is 11.1 Å². The van der Waals surface area contributed by atoms with E-state index in [4.69, 9.17) is 5.73 Å². The molecular weight excluding hydrogens is 238 g/mol. The molecule has 1 amide bonds. The highest BCUT2D eigenvalue weighted by Crippen LogP contribution is 2.28. The number of anilines is 1. The molecule has 1 aromatic heterocycles. The molecule has 1 aromatic rings. The minimum atomic E-state index is -0.762. The maximum atomic E-state index is 12.0. The van der Waals surface area contributed by atoms with E-state index in [1.165, 1.54) is 18.3 Å². The molecule has 3 N–H and O–H groups in total. The Morgan fingerprint density at radius 3 is 2.65 bits per heavy atom. The average molecular weight is 253 g/mol. The first-order valence-electron chi connectivity index (χ1n) is 5.58. The van der Waals surface area contributed by atoms with Gasteiger partial charge in [0.05, 0.1) is 5.54 Å². The van der Waals surface area contributed by atoms with Gasteiger partial charge in [0.25, 0.3) is 0 Å². The molecule has 0 atom stereocenters. The predicted octanol–water partition coefficient (Wildman–Crippen LogP) is 1.56. The van der Waals surface area contributed by atoms with Crippen LogP contribution in [0.25, 0.3) is 0 Å². The summed E-state index contributed by atoms with van der Waals surface area (Å²) in [5, 5.41) is 4.77. The largest absolute Gasteiger partial charge is 0.317 e. The number of Topliss-reactive ketones (excluding diaryl/α,β-unsaturated/α-hetero) is 1. The SMILES string of the molecule is CC(=O)c1csc(NC(=O)C2(N)CCCC2)n1. The fraction of sp³-hybridized carbons (Fsp3) is 0.545. The van der Waals surface area contributed by atoms with Crippen LogP contribution in [0.2, 0.25) is 0 Å². The first-order chi connectivity index (χ1) is 8.01. The van der Waals surface area contributed by atoms with Gasteiger partial charge in [0.2, 0.25) is 5.91 Å². The van der Waals surface area contributed by atoms with Crippen molar-refractivity contribution in [1.29, 1.82) is 0 Å². The second kappa shape index (κ2) is 4.54. The van der Waals surface area contributed by atoms with E-state index in [-0.39, 0.29) is 11.7 Å². The van der Waals surface area contributed by atoms with Gasteiger partial charge in [0.1, 0.15) is 5.69 Å². The number of aromatic nitrogens is 1. The summed E-state index contributed by atoms with van der Waals surface area (Å²) in [6.07, 6.45) is 3.40. The van der Waals surface area contributed by atoms with Crippen LogP contribution in [0.5, 0.6) is 0 Å². The van der Waals surface area contributed by atoms with Crippen molar-refractivity contribution in [3.8, 4) is 0 Å². The van der Waals surface area contributed by atoms with Gasteiger partial charge in [-0.05, 0) is 12.8 Å². The third-order valence-corrected chi connectivity index (χ3v) is 3.79. The number of nitrogens with two attached hydrogens (primary N) is 1. The monoisotopic (exact) mass is 253 g/mol. The van der Waals surface area contributed by atoms with Crippen LogP contribution >= 0.6 is 11.3 Å². The standard InChI is InChI=1S/C11H15N3O2S/c1-7(15)8-6-17-10(13-8)14-9(16)11(12)4-2-3-5-11/h6H,2-5,12H2,1H3,(H,13,14,16). The third kappa shape index (κ3) is 2.53. The van der Waals surface area contributed by atoms with E-state index >= 15 is 0 Å². The maximum Gasteiger partial charge on any atom is 0.246 e. The highest BCUT2D eigenvalue weighted by atomic mass is 32.1. The Balaban J connectivity index is 2.05. The van der Waals surface area contributed by atoms with Gasteiger partial charge in [0.15, 0.2) is 10.9 Å². The molecule has 6 heteroatoms. The normalized spacial score (nSPS) is 18.0. The summed E-state index contributed by atoms with van der Waals surface area (Å²) in [6.45, 7) is 1.45. The lowest BCUT2D eigenvalue weighted by molar-refractivity contribution is -0.121. The van der Waals surface area contributed by atoms with Crippen molar-refractivity contribution in [2.24, 2.45) is 5.73 Å². The van der Waals surface area contributed by atoms with Gasteiger partial charge in [-0.15, -0.1) is 11.3 Å². The number of carbonyl (C=O) groups excluding carboxylic acids is 2. The highest BCUT2D eigenvalue weighted by molar-refractivity contribution is 7.14. The van der Waals surface area contributed by atoms with Crippen LogP contribution in [0.3, 0.4) is 0 Å². The molecule has 0 aromatic carbocycles. The Bertz CT molecular complexity index is 449. The zero-order chi connectivity index (χ0) is 12.5. The number of nitrogens with zero attached hydrogens (tertiary/aromatic N) is 1. The molecule has 92 valence electrons. The summed E-state index contributed by atoms with van der Waals surface area (Å²) in [5.41, 5.74) is 5.63. The topological polar surface area (TPSA) is 85.1 Å². The second-order valence-electron chi connectivity index (χ2n) is 4.41. The van der Waals surface area contributed by atoms with Crippen molar-refractivity contribution in [1.82, 2.24) is 4.98 Å². The summed E-state index contributed by atoms with van der Waals surface area (Å²) < 4.78 is 0. The molecule has 1 heterocycles. The van der Waals surface area contributed by atoms with Crippen LogP contribution < -0.4 is 11.1 Å². The molecule has 1 fully saturated rings. The molecule has 1 saturated carbocycles. The number of hydrogen-bond donors (Lipinski definition) is 2. The van der Waals surface area contributed by atoms with Gasteiger partial charge in [-0.25, -0.2) is 4.98 Å². The average Bonchev–Trinajstić information content (AvgIpc) is 2.88. The quantitative estimate of drug-likeness (QED) is 0.800. The fourth-order valence-corrected chi connectivity index (χ4v) is 2.69. The predicted molar refractivity (Wildman–Crippen MR) is 66.1 cm³/mol. The van der Waals surface area contributed by atoms with Crippen LogP contribution in [0.15, 0.2) is 5.38 Å². The fourth-order valence-electron chi connectivity index (χ4n) is 1.95. The Kier molecular flexibility index (Phi) is 3.26. The van der Waals surface area contributed by atoms with Crippen molar-refractivity contribution in [2.45, 2.75) is 38.1 Å². The number of nitrogens with one attached hydrogen (secondary N) is 1. The smallest absolute Gasteiger partial charge is 0.246 e. The molecule has 1 aliphatic rings. The minimum absolute atomic E-state index is 0.106. The minimum Gasteiger partial charge on any atom is -0.317 e. The molecule has 0 aliphatic heterocycles. The first-order valence-corrected chi connectivity index (χ1v) is 6.46. The van der Waals surface area contributed by atoms with Crippen molar-refractivity contribution in [3.63, 3.8) is 0 Å². The Morgan fingerprint density at radius 2 is 2.12 bits per heavy atom. The number of rotatable bonds is 3. The van der Waals surface area contributed by atoms with E-state index in [1.807, 2.05) is 0 Å². The van der Waals surface area contributed by atoms with Crippen molar-refractivity contribution >= 4 is 28.2 Å². The summed E-state index contributed by atoms with van der Waals surface area (Å²) in [6, 6.07) is 0. The highest BCUT2D eigenvalue weighted by Gasteiger charge is 2.37. The van der Waals surface area contributed by atoms with Crippen LogP contribution in [-0.2, 0) is 4.79 Å². The molecular formula is C11H15N3O2S. The summed E-state index contributed by atoms with van der Waals surface area (Å²) in [5.74, 6) is -0.301. The number of thiazole rings is 1. The Morgan fingerprint density at radius 1 is 1.47 bits per heavy atom. The van der Waals surface area contributed by atoms with Gasteiger partial charge in [-0.3, -0.25) is 9.59 Å². The first kappa shape index (κ1) is 12.2. The van der Waals surface area contributed by atoms with Gasteiger partial charge in [-0.1, -0.05) is 12.8 Å². The van der Waals surface area contributed by atoms with Crippen molar-refractivity contribution in [2.75, 3.05) is 5.32 Å². The van der Waals surface area contributed by atoms with Gasteiger partial charge in [-0.2, -0.15) is 0 Å². The summed E-state index contributed by atoms with van der Waals surface area (Å²) >= 11 is 1.24. The lowest BCUT2D eigenvalue weighted by Crippen LogP contribution is -2.48. The molecule has 0 unspecified atom stereocenters. The molecule has 0 radical (unpaired) electrons. The van der Waals surface area contributed by atoms with E-state index in [1.54, 1.807) is 5.38 Å².